The van der Waals surface area contributed by atoms with Crippen LogP contribution < -0.4 is 0 Å². The summed E-state index contributed by atoms with van der Waals surface area (Å²) in [5.41, 5.74) is 0. The van der Waals surface area contributed by atoms with Gasteiger partial charge in [-0.25, -0.2) is 0 Å². The lowest BCUT2D eigenvalue weighted by Crippen LogP contribution is -2.67. The summed E-state index contributed by atoms with van der Waals surface area (Å²) < 4.78 is 225. The number of halogens is 18. The fourth-order valence-corrected chi connectivity index (χ4v) is 1.75. The van der Waals surface area contributed by atoms with E-state index in [1.54, 1.807) is 0 Å². The first-order valence-electron chi connectivity index (χ1n) is 7.56. The van der Waals surface area contributed by atoms with Gasteiger partial charge in [-0.1, -0.05) is 22.6 Å². The fraction of sp³-hybridized carbons (Fsp3) is 1.00. The van der Waals surface area contributed by atoms with Crippen LogP contribution in [0, 0.1) is 0 Å². The predicted octanol–water partition coefficient (Wildman–Crippen LogP) is 5.67. The van der Waals surface area contributed by atoms with Gasteiger partial charge in [-0.05, 0) is 0 Å². The molecule has 0 aromatic heterocycles. The highest BCUT2D eigenvalue weighted by molar-refractivity contribution is 14.1. The molecule has 0 aliphatic heterocycles. The van der Waals surface area contributed by atoms with E-state index in [4.69, 9.17) is 5.11 Å². The maximum absolute atomic E-state index is 14.0. The molecule has 0 aliphatic carbocycles. The number of hydrogen-bond donors (Lipinski definition) is 1. The summed E-state index contributed by atoms with van der Waals surface area (Å²) in [6.07, 6.45) is -37.8. The van der Waals surface area contributed by atoms with Crippen LogP contribution in [0.25, 0.3) is 0 Å². The first kappa shape index (κ1) is 33.4. The topological polar surface area (TPSA) is 47.9 Å². The molecule has 0 saturated heterocycles. The Bertz CT molecular complexity index is 677. The van der Waals surface area contributed by atoms with Crippen LogP contribution >= 0.6 is 22.6 Å². The number of ether oxygens (including phenoxy) is 3. The number of aliphatic hydroxyl groups excluding tert-OH is 1. The summed E-state index contributed by atoms with van der Waals surface area (Å²) >= 11 is 1.22. The van der Waals surface area contributed by atoms with Gasteiger partial charge in [0.05, 0.1) is 17.1 Å². The van der Waals surface area contributed by atoms with Gasteiger partial charge in [0, 0.05) is 0 Å². The van der Waals surface area contributed by atoms with E-state index in [0.29, 0.717) is 0 Å². The first-order valence-corrected chi connectivity index (χ1v) is 8.81. The van der Waals surface area contributed by atoms with Gasteiger partial charge in [-0.2, -0.15) is 74.6 Å². The van der Waals surface area contributed by atoms with Crippen LogP contribution in [0.3, 0.4) is 0 Å². The van der Waals surface area contributed by atoms with E-state index >= 15 is 0 Å². The molecule has 3 unspecified atom stereocenters. The molecule has 0 heterocycles. The van der Waals surface area contributed by atoms with E-state index in [-0.39, 0.29) is 0 Å². The summed E-state index contributed by atoms with van der Waals surface area (Å²) in [7, 11) is 0. The summed E-state index contributed by atoms with van der Waals surface area (Å²) in [6.45, 7) is -4.93. The van der Waals surface area contributed by atoms with E-state index in [1.807, 2.05) is 4.74 Å². The quantitative estimate of drug-likeness (QED) is 0.176. The monoisotopic (exact) mass is 666 g/mol. The standard InChI is InChI=1S/C12H8F17IO4/c13-5(8(17,18)19,3-32-2-4(30)1-31)33-12(28,29)7(16,10(23,24)25)34-11(26,27)6(14,15)9(20,21)22/h4,31H,1-3H2. The molecule has 0 radical (unpaired) electrons. The molecule has 0 aromatic carbocycles. The average Bonchev–Trinajstić information content (AvgIpc) is 2.57. The zero-order valence-corrected chi connectivity index (χ0v) is 17.3. The molecule has 0 fully saturated rings. The molecule has 3 atom stereocenters. The summed E-state index contributed by atoms with van der Waals surface area (Å²) in [5, 5.41) is 8.58. The van der Waals surface area contributed by atoms with Crippen molar-refractivity contribution in [2.75, 3.05) is 19.8 Å². The third-order valence-corrected chi connectivity index (χ3v) is 3.98. The molecule has 0 aromatic rings. The van der Waals surface area contributed by atoms with Crippen LogP contribution in [0.1, 0.15) is 0 Å². The van der Waals surface area contributed by atoms with Crippen LogP contribution in [0.5, 0.6) is 0 Å². The lowest BCUT2D eigenvalue weighted by Gasteiger charge is -2.40. The first-order chi connectivity index (χ1) is 14.6. The molecular weight excluding hydrogens is 658 g/mol. The van der Waals surface area contributed by atoms with Crippen LogP contribution in [0.4, 0.5) is 74.6 Å². The molecule has 34 heavy (non-hydrogen) atoms. The maximum atomic E-state index is 14.0. The minimum absolute atomic E-state index is 0.902. The SMILES string of the molecule is OCC(I)COCC(F)(OC(F)(F)C(F)(OC(F)(F)C(F)(F)C(F)(F)F)C(F)(F)F)C(F)(F)F. The van der Waals surface area contributed by atoms with Gasteiger partial charge < -0.3 is 9.84 Å². The molecule has 0 spiro atoms. The third kappa shape index (κ3) is 6.78. The molecule has 0 bridgehead atoms. The molecule has 0 saturated carbocycles. The van der Waals surface area contributed by atoms with Crippen LogP contribution in [0.15, 0.2) is 0 Å². The fourth-order valence-electron chi connectivity index (χ4n) is 1.50. The maximum Gasteiger partial charge on any atom is 0.462 e. The predicted molar refractivity (Wildman–Crippen MR) is 78.6 cm³/mol. The van der Waals surface area contributed by atoms with Gasteiger partial charge in [-0.3, -0.25) is 9.47 Å². The van der Waals surface area contributed by atoms with E-state index in [2.05, 4.69) is 4.74 Å². The Morgan fingerprint density at radius 2 is 1.06 bits per heavy atom. The summed E-state index contributed by atoms with van der Waals surface area (Å²) in [6, 6.07) is 0. The molecule has 1 N–H and O–H groups in total. The van der Waals surface area contributed by atoms with Crippen molar-refractivity contribution in [1.29, 1.82) is 0 Å². The molecule has 0 amide bonds. The van der Waals surface area contributed by atoms with Crippen molar-refractivity contribution in [1.82, 2.24) is 0 Å². The van der Waals surface area contributed by atoms with Gasteiger partial charge in [0.15, 0.2) is 0 Å². The largest absolute Gasteiger partial charge is 0.462 e. The minimum Gasteiger partial charge on any atom is -0.395 e. The number of rotatable bonds is 11. The highest BCUT2D eigenvalue weighted by Crippen LogP contribution is 2.56. The van der Waals surface area contributed by atoms with Crippen LogP contribution in [-0.2, 0) is 14.2 Å². The van der Waals surface area contributed by atoms with Gasteiger partial charge in [0.2, 0.25) is 0 Å². The second kappa shape index (κ2) is 10.0. The molecule has 206 valence electrons. The Hall–Kier alpha value is -0.620. The van der Waals surface area contributed by atoms with E-state index in [0.717, 1.165) is 0 Å². The van der Waals surface area contributed by atoms with Crippen LogP contribution in [0.2, 0.25) is 0 Å². The van der Waals surface area contributed by atoms with Crippen LogP contribution in [-0.4, -0.2) is 77.2 Å². The van der Waals surface area contributed by atoms with E-state index in [1.165, 1.54) is 27.3 Å². The Morgan fingerprint density at radius 1 is 0.618 bits per heavy atom. The lowest BCUT2D eigenvalue weighted by atomic mass is 10.2. The summed E-state index contributed by atoms with van der Waals surface area (Å²) in [4.78, 5) is 0. The molecular formula is C12H8F17IO4. The minimum atomic E-state index is -7.92. The Balaban J connectivity index is 6.42. The van der Waals surface area contributed by atoms with Crippen molar-refractivity contribution >= 4 is 22.6 Å². The zero-order valence-electron chi connectivity index (χ0n) is 15.2. The smallest absolute Gasteiger partial charge is 0.395 e. The van der Waals surface area contributed by atoms with Gasteiger partial charge in [-0.15, -0.1) is 0 Å². The molecule has 22 heteroatoms. The molecule has 0 rings (SSSR count). The van der Waals surface area contributed by atoms with Gasteiger partial charge >= 0.3 is 48.4 Å². The summed E-state index contributed by atoms with van der Waals surface area (Å²) in [5.74, 6) is -22.0. The number of aliphatic hydroxyl groups is 1. The molecule has 0 aliphatic rings. The zero-order chi connectivity index (χ0) is 27.8. The van der Waals surface area contributed by atoms with Crippen molar-refractivity contribution < 1.29 is 94.0 Å². The average molecular weight is 666 g/mol. The number of alkyl halides is 18. The Kier molecular flexibility index (Phi) is 9.85. The highest BCUT2D eigenvalue weighted by Gasteiger charge is 2.85. The Morgan fingerprint density at radius 3 is 1.38 bits per heavy atom. The second-order valence-electron chi connectivity index (χ2n) is 5.92. The van der Waals surface area contributed by atoms with Crippen molar-refractivity contribution in [3.63, 3.8) is 0 Å². The third-order valence-electron chi connectivity index (χ3n) is 3.23. The van der Waals surface area contributed by atoms with Gasteiger partial charge in [0.25, 0.3) is 0 Å². The normalized spacial score (nSPS) is 19.5. The van der Waals surface area contributed by atoms with Gasteiger partial charge in [0.1, 0.15) is 6.61 Å². The van der Waals surface area contributed by atoms with E-state index in [9.17, 15) is 74.6 Å². The Labute approximate surface area is 189 Å². The van der Waals surface area contributed by atoms with Crippen molar-refractivity contribution in [2.24, 2.45) is 0 Å². The highest BCUT2D eigenvalue weighted by atomic mass is 127. The van der Waals surface area contributed by atoms with Crippen molar-refractivity contribution in [2.45, 2.75) is 52.3 Å². The van der Waals surface area contributed by atoms with E-state index < -0.39 is 72.1 Å². The second-order valence-corrected chi connectivity index (χ2v) is 7.69. The molecule has 4 nitrogen and oxygen atoms in total. The number of hydrogen-bond acceptors (Lipinski definition) is 4. The van der Waals surface area contributed by atoms with Crippen molar-refractivity contribution in [3.8, 4) is 0 Å². The van der Waals surface area contributed by atoms with Crippen molar-refractivity contribution in [3.05, 3.63) is 0 Å². The lowest BCUT2D eigenvalue weighted by molar-refractivity contribution is -0.553.